The Labute approximate surface area is 57.4 Å². The lowest BCUT2D eigenvalue weighted by atomic mass is 10.1. The van der Waals surface area contributed by atoms with Gasteiger partial charge in [0, 0.05) is 0 Å². The lowest BCUT2D eigenvalue weighted by Gasteiger charge is -2.01. The van der Waals surface area contributed by atoms with E-state index in [-0.39, 0.29) is 6.61 Å². The van der Waals surface area contributed by atoms with Crippen LogP contribution in [0.1, 0.15) is 27.2 Å². The number of aliphatic hydroxyl groups excluding tert-OH is 1. The zero-order chi connectivity index (χ0) is 7.28. The van der Waals surface area contributed by atoms with Crippen LogP contribution in [0.25, 0.3) is 0 Å². The van der Waals surface area contributed by atoms with E-state index in [4.69, 9.17) is 5.11 Å². The first-order valence-electron chi connectivity index (χ1n) is 3.48. The van der Waals surface area contributed by atoms with Crippen LogP contribution in [0.15, 0.2) is 11.6 Å². The van der Waals surface area contributed by atoms with Crippen molar-refractivity contribution in [3.8, 4) is 0 Å². The maximum Gasteiger partial charge on any atom is 0.0639 e. The minimum absolute atomic E-state index is 0.199. The first kappa shape index (κ1) is 8.70. The lowest BCUT2D eigenvalue weighted by Crippen LogP contribution is -1.90. The Balaban J connectivity index is 3.64. The smallest absolute Gasteiger partial charge is 0.0639 e. The molecular formula is C8H16O. The third-order valence-corrected chi connectivity index (χ3v) is 1.46. The van der Waals surface area contributed by atoms with Gasteiger partial charge in [-0.3, -0.25) is 0 Å². The molecule has 0 aliphatic carbocycles. The molecular weight excluding hydrogens is 112 g/mol. The molecule has 0 aromatic carbocycles. The van der Waals surface area contributed by atoms with Crippen LogP contribution in [0.2, 0.25) is 0 Å². The van der Waals surface area contributed by atoms with E-state index in [9.17, 15) is 0 Å². The van der Waals surface area contributed by atoms with Gasteiger partial charge < -0.3 is 5.11 Å². The van der Waals surface area contributed by atoms with E-state index in [0.717, 1.165) is 12.0 Å². The Kier molecular flexibility index (Phi) is 4.41. The third kappa shape index (κ3) is 4.22. The largest absolute Gasteiger partial charge is 0.392 e. The molecule has 0 amide bonds. The summed E-state index contributed by atoms with van der Waals surface area (Å²) >= 11 is 0. The fourth-order valence-electron chi connectivity index (χ4n) is 0.656. The van der Waals surface area contributed by atoms with Crippen LogP contribution in [0.3, 0.4) is 0 Å². The van der Waals surface area contributed by atoms with E-state index in [0.29, 0.717) is 5.92 Å². The predicted octanol–water partition coefficient (Wildman–Crippen LogP) is 1.97. The van der Waals surface area contributed by atoms with E-state index >= 15 is 0 Å². The zero-order valence-corrected chi connectivity index (χ0v) is 6.52. The summed E-state index contributed by atoms with van der Waals surface area (Å²) in [6, 6.07) is 0. The highest BCUT2D eigenvalue weighted by atomic mass is 16.3. The van der Waals surface area contributed by atoms with Gasteiger partial charge in [-0.25, -0.2) is 0 Å². The van der Waals surface area contributed by atoms with Crippen molar-refractivity contribution in [2.75, 3.05) is 6.61 Å². The molecule has 0 aromatic heterocycles. The van der Waals surface area contributed by atoms with Gasteiger partial charge in [-0.05, 0) is 12.8 Å². The molecule has 0 aromatic rings. The summed E-state index contributed by atoms with van der Waals surface area (Å²) in [5.41, 5.74) is 1.07. The molecule has 1 nitrogen and oxygen atoms in total. The van der Waals surface area contributed by atoms with Crippen molar-refractivity contribution in [3.05, 3.63) is 11.6 Å². The molecule has 1 heteroatoms. The third-order valence-electron chi connectivity index (χ3n) is 1.46. The number of rotatable bonds is 3. The monoisotopic (exact) mass is 128 g/mol. The molecule has 0 radical (unpaired) electrons. The van der Waals surface area contributed by atoms with Crippen LogP contribution in [-0.4, -0.2) is 11.7 Å². The number of hydrogen-bond acceptors (Lipinski definition) is 1. The fourth-order valence-corrected chi connectivity index (χ4v) is 0.656. The summed E-state index contributed by atoms with van der Waals surface area (Å²) in [6.45, 7) is 6.45. The van der Waals surface area contributed by atoms with Crippen molar-refractivity contribution in [3.63, 3.8) is 0 Å². The van der Waals surface area contributed by atoms with Crippen LogP contribution in [0.4, 0.5) is 0 Å². The van der Waals surface area contributed by atoms with E-state index in [1.54, 1.807) is 0 Å². The lowest BCUT2D eigenvalue weighted by molar-refractivity contribution is 0.330. The molecule has 0 unspecified atom stereocenters. The minimum atomic E-state index is 0.199. The summed E-state index contributed by atoms with van der Waals surface area (Å²) in [7, 11) is 0. The van der Waals surface area contributed by atoms with Crippen molar-refractivity contribution in [2.24, 2.45) is 5.92 Å². The summed E-state index contributed by atoms with van der Waals surface area (Å²) in [4.78, 5) is 0. The van der Waals surface area contributed by atoms with Crippen LogP contribution >= 0.6 is 0 Å². The highest BCUT2D eigenvalue weighted by molar-refractivity contribution is 4.99. The Bertz CT molecular complexity index is 94.7. The van der Waals surface area contributed by atoms with Gasteiger partial charge in [-0.15, -0.1) is 0 Å². The fraction of sp³-hybridized carbons (Fsp3) is 0.750. The van der Waals surface area contributed by atoms with Crippen molar-refractivity contribution in [2.45, 2.75) is 27.2 Å². The highest BCUT2D eigenvalue weighted by Crippen LogP contribution is 2.05. The summed E-state index contributed by atoms with van der Waals surface area (Å²) in [5.74, 6) is 0.608. The first-order valence-corrected chi connectivity index (χ1v) is 3.48. The van der Waals surface area contributed by atoms with Gasteiger partial charge in [0.25, 0.3) is 0 Å². The van der Waals surface area contributed by atoms with Crippen molar-refractivity contribution in [1.29, 1.82) is 0 Å². The normalized spacial score (nSPS) is 15.8. The average Bonchev–Trinajstić information content (AvgIpc) is 1.87. The van der Waals surface area contributed by atoms with Gasteiger partial charge >= 0.3 is 0 Å². The summed E-state index contributed by atoms with van der Waals surface area (Å²) < 4.78 is 0. The SMILES string of the molecule is CC[C@@H](C)/C=C(/C)CO. The quantitative estimate of drug-likeness (QED) is 0.576. The Morgan fingerprint density at radius 2 is 2.22 bits per heavy atom. The molecule has 0 aliphatic heterocycles. The van der Waals surface area contributed by atoms with Gasteiger partial charge in [0.1, 0.15) is 0 Å². The van der Waals surface area contributed by atoms with Crippen LogP contribution in [0.5, 0.6) is 0 Å². The van der Waals surface area contributed by atoms with Crippen LogP contribution in [0, 0.1) is 5.92 Å². The molecule has 0 bridgehead atoms. The zero-order valence-electron chi connectivity index (χ0n) is 6.52. The molecule has 9 heavy (non-hydrogen) atoms. The van der Waals surface area contributed by atoms with Gasteiger partial charge in [-0.1, -0.05) is 31.9 Å². The molecule has 0 saturated carbocycles. The second-order valence-corrected chi connectivity index (χ2v) is 2.56. The highest BCUT2D eigenvalue weighted by Gasteiger charge is 1.92. The van der Waals surface area contributed by atoms with E-state index in [2.05, 4.69) is 19.9 Å². The Morgan fingerprint density at radius 3 is 2.56 bits per heavy atom. The van der Waals surface area contributed by atoms with E-state index < -0.39 is 0 Å². The molecule has 0 saturated heterocycles. The molecule has 0 fully saturated rings. The predicted molar refractivity (Wildman–Crippen MR) is 40.3 cm³/mol. The van der Waals surface area contributed by atoms with E-state index in [1.165, 1.54) is 0 Å². The van der Waals surface area contributed by atoms with Crippen molar-refractivity contribution in [1.82, 2.24) is 0 Å². The minimum Gasteiger partial charge on any atom is -0.392 e. The molecule has 1 N–H and O–H groups in total. The summed E-state index contributed by atoms with van der Waals surface area (Å²) in [6.07, 6.45) is 3.26. The van der Waals surface area contributed by atoms with Crippen molar-refractivity contribution >= 4 is 0 Å². The summed E-state index contributed by atoms with van der Waals surface area (Å²) in [5, 5.41) is 8.61. The van der Waals surface area contributed by atoms with Gasteiger partial charge in [-0.2, -0.15) is 0 Å². The van der Waals surface area contributed by atoms with Gasteiger partial charge in [0.05, 0.1) is 6.61 Å². The first-order chi connectivity index (χ1) is 4.20. The topological polar surface area (TPSA) is 20.2 Å². The number of aliphatic hydroxyl groups is 1. The number of hydrogen-bond donors (Lipinski definition) is 1. The second-order valence-electron chi connectivity index (χ2n) is 2.56. The maximum atomic E-state index is 8.61. The molecule has 0 rings (SSSR count). The molecule has 0 spiro atoms. The van der Waals surface area contributed by atoms with Gasteiger partial charge in [0.15, 0.2) is 0 Å². The van der Waals surface area contributed by atoms with Crippen LogP contribution < -0.4 is 0 Å². The maximum absolute atomic E-state index is 8.61. The van der Waals surface area contributed by atoms with Crippen LogP contribution in [-0.2, 0) is 0 Å². The average molecular weight is 128 g/mol. The molecule has 0 heterocycles. The van der Waals surface area contributed by atoms with E-state index in [1.807, 2.05) is 6.92 Å². The Hall–Kier alpha value is -0.300. The van der Waals surface area contributed by atoms with Gasteiger partial charge in [0.2, 0.25) is 0 Å². The second kappa shape index (κ2) is 4.57. The molecule has 54 valence electrons. The Morgan fingerprint density at radius 1 is 1.67 bits per heavy atom. The molecule has 1 atom stereocenters. The number of allylic oxidation sites excluding steroid dienone is 1. The standard InChI is InChI=1S/C8H16O/c1-4-7(2)5-8(3)6-9/h5,7,9H,4,6H2,1-3H3/b8-5-/t7-/m1/s1. The molecule has 0 aliphatic rings. The van der Waals surface area contributed by atoms with Crippen molar-refractivity contribution < 1.29 is 5.11 Å².